The molecule has 1 fully saturated rings. The van der Waals surface area contributed by atoms with Crippen molar-refractivity contribution in [2.75, 3.05) is 18.8 Å². The second-order valence-corrected chi connectivity index (χ2v) is 9.70. The maximum Gasteiger partial charge on any atom is 0.243 e. The smallest absolute Gasteiger partial charge is 0.207 e. The van der Waals surface area contributed by atoms with Crippen molar-refractivity contribution in [1.82, 2.24) is 4.31 Å². The summed E-state index contributed by atoms with van der Waals surface area (Å²) in [5.41, 5.74) is 1.90. The number of hydrogen-bond donors (Lipinski definition) is 0. The van der Waals surface area contributed by atoms with Gasteiger partial charge in [-0.3, -0.25) is 0 Å². The Morgan fingerprint density at radius 1 is 1.08 bits per heavy atom. The lowest BCUT2D eigenvalue weighted by Gasteiger charge is -2.21. The predicted molar refractivity (Wildman–Crippen MR) is 101 cm³/mol. The molecule has 1 aliphatic heterocycles. The number of benzene rings is 2. The number of nitrogens with zero attached hydrogens (tertiary/aromatic N) is 1. The molecular formula is C19H21F2NO2S2. The fourth-order valence-corrected chi connectivity index (χ4v) is 6.25. The van der Waals surface area contributed by atoms with E-state index in [2.05, 4.69) is 0 Å². The van der Waals surface area contributed by atoms with E-state index in [1.54, 1.807) is 19.1 Å². The fraction of sp³-hybridized carbons (Fsp3) is 0.368. The second-order valence-electron chi connectivity index (χ2n) is 6.49. The third kappa shape index (κ3) is 3.94. The highest BCUT2D eigenvalue weighted by Crippen LogP contribution is 2.37. The largest absolute Gasteiger partial charge is 0.243 e. The van der Waals surface area contributed by atoms with Gasteiger partial charge in [-0.05, 0) is 55.7 Å². The van der Waals surface area contributed by atoms with Crippen molar-refractivity contribution in [2.45, 2.75) is 30.4 Å². The quantitative estimate of drug-likeness (QED) is 0.768. The van der Waals surface area contributed by atoms with Gasteiger partial charge >= 0.3 is 0 Å². The van der Waals surface area contributed by atoms with Gasteiger partial charge in [0.1, 0.15) is 11.6 Å². The molecule has 1 aliphatic rings. The molecule has 1 atom stereocenters. The highest BCUT2D eigenvalue weighted by atomic mass is 32.2. The summed E-state index contributed by atoms with van der Waals surface area (Å²) in [5.74, 6) is -0.397. The van der Waals surface area contributed by atoms with E-state index in [1.165, 1.54) is 22.1 Å². The highest BCUT2D eigenvalue weighted by molar-refractivity contribution is 7.99. The molecule has 7 heteroatoms. The van der Waals surface area contributed by atoms with Crippen molar-refractivity contribution in [3.63, 3.8) is 0 Å². The summed E-state index contributed by atoms with van der Waals surface area (Å²) in [7, 11) is -3.61. The van der Waals surface area contributed by atoms with Gasteiger partial charge in [-0.1, -0.05) is 12.1 Å². The Bertz CT molecular complexity index is 916. The van der Waals surface area contributed by atoms with Crippen LogP contribution in [0.25, 0.3) is 0 Å². The Morgan fingerprint density at radius 2 is 1.85 bits per heavy atom. The lowest BCUT2D eigenvalue weighted by atomic mass is 10.1. The summed E-state index contributed by atoms with van der Waals surface area (Å²) in [6.45, 7) is 4.28. The van der Waals surface area contributed by atoms with Gasteiger partial charge in [-0.2, -0.15) is 16.1 Å². The van der Waals surface area contributed by atoms with Gasteiger partial charge in [-0.25, -0.2) is 17.2 Å². The molecule has 1 saturated heterocycles. The Hall–Kier alpha value is -1.44. The first kappa shape index (κ1) is 19.3. The molecule has 0 aliphatic carbocycles. The Morgan fingerprint density at radius 3 is 2.62 bits per heavy atom. The Labute approximate surface area is 157 Å². The normalized spacial score (nSPS) is 19.3. The van der Waals surface area contributed by atoms with Crippen LogP contribution in [0.1, 0.15) is 28.4 Å². The van der Waals surface area contributed by atoms with E-state index in [-0.39, 0.29) is 11.8 Å². The van der Waals surface area contributed by atoms with Crippen molar-refractivity contribution >= 4 is 21.8 Å². The van der Waals surface area contributed by atoms with Gasteiger partial charge < -0.3 is 0 Å². The van der Waals surface area contributed by atoms with Crippen molar-refractivity contribution in [3.8, 4) is 0 Å². The van der Waals surface area contributed by atoms with Gasteiger partial charge in [0, 0.05) is 29.7 Å². The first-order valence-corrected chi connectivity index (χ1v) is 10.9. The molecule has 0 N–H and O–H groups in total. The van der Waals surface area contributed by atoms with Gasteiger partial charge in [-0.15, -0.1) is 0 Å². The maximum atomic E-state index is 14.1. The van der Waals surface area contributed by atoms with Crippen LogP contribution in [0.2, 0.25) is 0 Å². The van der Waals surface area contributed by atoms with E-state index in [4.69, 9.17) is 0 Å². The number of thioether (sulfide) groups is 1. The molecule has 3 nitrogen and oxygen atoms in total. The van der Waals surface area contributed by atoms with Gasteiger partial charge in [0.15, 0.2) is 0 Å². The van der Waals surface area contributed by atoms with E-state index in [9.17, 15) is 17.2 Å². The minimum Gasteiger partial charge on any atom is -0.207 e. The van der Waals surface area contributed by atoms with Crippen LogP contribution in [0.4, 0.5) is 8.78 Å². The van der Waals surface area contributed by atoms with E-state index < -0.39 is 21.7 Å². The Balaban J connectivity index is 1.84. The summed E-state index contributed by atoms with van der Waals surface area (Å²) in [5, 5.41) is -0.260. The predicted octanol–water partition coefficient (Wildman–Crippen LogP) is 4.45. The molecule has 2 aromatic rings. The zero-order chi connectivity index (χ0) is 18.9. The third-order valence-corrected chi connectivity index (χ3v) is 7.92. The SMILES string of the molecule is Cc1ccc(C)c(S(=O)(=O)N2CCSC(c3cc(F)ccc3F)CC2)c1. The first-order chi connectivity index (χ1) is 12.3. The molecule has 0 amide bonds. The van der Waals surface area contributed by atoms with Crippen LogP contribution >= 0.6 is 11.8 Å². The monoisotopic (exact) mass is 397 g/mol. The van der Waals surface area contributed by atoms with Crippen LogP contribution < -0.4 is 0 Å². The Kier molecular flexibility index (Phi) is 5.69. The average Bonchev–Trinajstić information content (AvgIpc) is 2.85. The topological polar surface area (TPSA) is 37.4 Å². The molecule has 1 unspecified atom stereocenters. The number of aryl methyl sites for hydroxylation is 2. The maximum absolute atomic E-state index is 14.1. The summed E-state index contributed by atoms with van der Waals surface area (Å²) < 4.78 is 55.1. The minimum absolute atomic E-state index is 0.260. The summed E-state index contributed by atoms with van der Waals surface area (Å²) in [6, 6.07) is 8.81. The van der Waals surface area contributed by atoms with E-state index in [1.807, 2.05) is 13.0 Å². The molecular weight excluding hydrogens is 376 g/mol. The van der Waals surface area contributed by atoms with E-state index in [0.717, 1.165) is 17.7 Å². The lowest BCUT2D eigenvalue weighted by molar-refractivity contribution is 0.426. The summed E-state index contributed by atoms with van der Waals surface area (Å²) in [4.78, 5) is 0.317. The molecule has 2 aromatic carbocycles. The number of rotatable bonds is 3. The number of hydrogen-bond acceptors (Lipinski definition) is 3. The standard InChI is InChI=1S/C19H21F2NO2S2/c1-13-3-4-14(2)19(11-13)26(23,24)22-8-7-18(25-10-9-22)16-12-15(20)5-6-17(16)21/h3-6,11-12,18H,7-10H2,1-2H3. The van der Waals surface area contributed by atoms with Crippen LogP contribution in [0.3, 0.4) is 0 Å². The molecule has 26 heavy (non-hydrogen) atoms. The molecule has 3 rings (SSSR count). The molecule has 0 radical (unpaired) electrons. The van der Waals surface area contributed by atoms with E-state index in [0.29, 0.717) is 34.7 Å². The zero-order valence-electron chi connectivity index (χ0n) is 14.7. The molecule has 1 heterocycles. The van der Waals surface area contributed by atoms with Crippen molar-refractivity contribution < 1.29 is 17.2 Å². The van der Waals surface area contributed by atoms with Crippen LogP contribution in [0.5, 0.6) is 0 Å². The lowest BCUT2D eigenvalue weighted by Crippen LogP contribution is -2.33. The number of sulfonamides is 1. The fourth-order valence-electron chi connectivity index (χ4n) is 3.12. The van der Waals surface area contributed by atoms with Crippen LogP contribution in [-0.2, 0) is 10.0 Å². The van der Waals surface area contributed by atoms with Gasteiger partial charge in [0.25, 0.3) is 0 Å². The molecule has 0 bridgehead atoms. The van der Waals surface area contributed by atoms with Crippen LogP contribution in [0, 0.1) is 25.5 Å². The van der Waals surface area contributed by atoms with Crippen LogP contribution in [-0.4, -0.2) is 31.6 Å². The summed E-state index contributed by atoms with van der Waals surface area (Å²) >= 11 is 1.47. The molecule has 0 saturated carbocycles. The van der Waals surface area contributed by atoms with E-state index >= 15 is 0 Å². The molecule has 0 spiro atoms. The second kappa shape index (κ2) is 7.66. The minimum atomic E-state index is -3.61. The highest BCUT2D eigenvalue weighted by Gasteiger charge is 2.30. The molecule has 0 aromatic heterocycles. The molecule has 140 valence electrons. The van der Waals surface area contributed by atoms with Crippen molar-refractivity contribution in [1.29, 1.82) is 0 Å². The van der Waals surface area contributed by atoms with Crippen molar-refractivity contribution in [3.05, 3.63) is 64.7 Å². The van der Waals surface area contributed by atoms with Gasteiger partial charge in [0.2, 0.25) is 10.0 Å². The first-order valence-electron chi connectivity index (χ1n) is 8.43. The van der Waals surface area contributed by atoms with Crippen molar-refractivity contribution in [2.24, 2.45) is 0 Å². The zero-order valence-corrected chi connectivity index (χ0v) is 16.3. The number of halogens is 2. The van der Waals surface area contributed by atoms with Crippen LogP contribution in [0.15, 0.2) is 41.3 Å². The van der Waals surface area contributed by atoms with Gasteiger partial charge in [0.05, 0.1) is 4.90 Å². The third-order valence-electron chi connectivity index (χ3n) is 4.57. The summed E-state index contributed by atoms with van der Waals surface area (Å²) in [6.07, 6.45) is 0.440. The average molecular weight is 398 g/mol.